The molecule has 1 aromatic heterocycles. The van der Waals surface area contributed by atoms with Gasteiger partial charge in [-0.15, -0.1) is 0 Å². The lowest BCUT2D eigenvalue weighted by molar-refractivity contribution is 0.0515. The third-order valence-electron chi connectivity index (χ3n) is 2.27. The molecule has 0 spiro atoms. The highest BCUT2D eigenvalue weighted by Crippen LogP contribution is 2.27. The van der Waals surface area contributed by atoms with E-state index in [4.69, 9.17) is 14.2 Å². The molecule has 0 saturated carbocycles. The molecule has 0 amide bonds. The number of carbonyl (C=O) groups excluding carboxylic acids is 1. The van der Waals surface area contributed by atoms with Crippen molar-refractivity contribution in [3.63, 3.8) is 0 Å². The molecule has 0 radical (unpaired) electrons. The van der Waals surface area contributed by atoms with Gasteiger partial charge in [-0.05, 0) is 13.3 Å². The summed E-state index contributed by atoms with van der Waals surface area (Å²) in [6.07, 6.45) is 0.666. The number of pyridine rings is 1. The van der Waals surface area contributed by atoms with E-state index >= 15 is 0 Å². The monoisotopic (exact) mass is 239 g/mol. The van der Waals surface area contributed by atoms with E-state index in [0.29, 0.717) is 30.2 Å². The number of aryl methyl sites for hydroxylation is 1. The summed E-state index contributed by atoms with van der Waals surface area (Å²) in [5, 5.41) is 0. The molecule has 5 heteroatoms. The largest absolute Gasteiger partial charge is 0.495 e. The molecule has 0 aliphatic carbocycles. The number of esters is 1. The van der Waals surface area contributed by atoms with E-state index in [1.165, 1.54) is 7.11 Å². The van der Waals surface area contributed by atoms with E-state index in [1.807, 2.05) is 6.92 Å². The minimum atomic E-state index is -0.485. The molecule has 0 saturated heterocycles. The summed E-state index contributed by atoms with van der Waals surface area (Å²) in [6, 6.07) is 1.65. The van der Waals surface area contributed by atoms with E-state index in [9.17, 15) is 4.79 Å². The molecule has 1 aromatic rings. The van der Waals surface area contributed by atoms with Gasteiger partial charge in [-0.1, -0.05) is 6.92 Å². The minimum absolute atomic E-state index is 0.187. The normalized spacial score (nSPS) is 9.88. The topological polar surface area (TPSA) is 57.7 Å². The van der Waals surface area contributed by atoms with Crippen molar-refractivity contribution in [3.05, 3.63) is 17.5 Å². The van der Waals surface area contributed by atoms with Gasteiger partial charge in [0.1, 0.15) is 5.75 Å². The Hall–Kier alpha value is -1.78. The van der Waals surface area contributed by atoms with Gasteiger partial charge in [0.2, 0.25) is 0 Å². The Morgan fingerprint density at radius 2 is 1.88 bits per heavy atom. The van der Waals surface area contributed by atoms with Gasteiger partial charge in [0.25, 0.3) is 0 Å². The molecule has 0 atom stereocenters. The van der Waals surface area contributed by atoms with E-state index in [1.54, 1.807) is 20.1 Å². The van der Waals surface area contributed by atoms with Crippen LogP contribution in [0.2, 0.25) is 0 Å². The Kier molecular flexibility index (Phi) is 4.75. The molecular formula is C12H17NO4. The average molecular weight is 239 g/mol. The fourth-order valence-corrected chi connectivity index (χ4v) is 1.45. The zero-order valence-corrected chi connectivity index (χ0v) is 10.6. The highest BCUT2D eigenvalue weighted by molar-refractivity contribution is 5.90. The first-order valence-electron chi connectivity index (χ1n) is 5.46. The van der Waals surface area contributed by atoms with Crippen LogP contribution in [0.4, 0.5) is 0 Å². The van der Waals surface area contributed by atoms with Crippen LogP contribution in [0, 0.1) is 0 Å². The maximum Gasteiger partial charge on any atom is 0.360 e. The molecule has 1 rings (SSSR count). The second-order valence-electron chi connectivity index (χ2n) is 3.26. The first kappa shape index (κ1) is 13.3. The Morgan fingerprint density at radius 1 is 1.24 bits per heavy atom. The second-order valence-corrected chi connectivity index (χ2v) is 3.26. The van der Waals surface area contributed by atoms with Gasteiger partial charge in [-0.25, -0.2) is 9.78 Å². The number of carbonyl (C=O) groups is 1. The molecule has 5 nitrogen and oxygen atoms in total. The van der Waals surface area contributed by atoms with Crippen molar-refractivity contribution in [1.29, 1.82) is 0 Å². The van der Waals surface area contributed by atoms with Gasteiger partial charge in [0.15, 0.2) is 11.4 Å². The summed E-state index contributed by atoms with van der Waals surface area (Å²) < 4.78 is 15.2. The molecular weight excluding hydrogens is 222 g/mol. The van der Waals surface area contributed by atoms with E-state index < -0.39 is 5.97 Å². The summed E-state index contributed by atoms with van der Waals surface area (Å²) in [6.45, 7) is 3.98. The lowest BCUT2D eigenvalue weighted by Gasteiger charge is -2.12. The fraction of sp³-hybridized carbons (Fsp3) is 0.500. The van der Waals surface area contributed by atoms with Gasteiger partial charge >= 0.3 is 5.97 Å². The number of nitrogens with zero attached hydrogens (tertiary/aromatic N) is 1. The fourth-order valence-electron chi connectivity index (χ4n) is 1.45. The third kappa shape index (κ3) is 2.87. The number of methoxy groups -OCH3 is 2. The molecule has 0 aliphatic rings. The Bertz CT molecular complexity index is 404. The first-order chi connectivity index (χ1) is 8.17. The molecule has 94 valence electrons. The van der Waals surface area contributed by atoms with Crippen LogP contribution in [-0.2, 0) is 11.2 Å². The standard InChI is InChI=1S/C12H17NO4/c1-5-8-9(15-3)7-10(16-4)11(13-8)12(14)17-6-2/h7H,5-6H2,1-4H3. The zero-order valence-electron chi connectivity index (χ0n) is 10.6. The predicted octanol–water partition coefficient (Wildman–Crippen LogP) is 1.84. The Balaban J connectivity index is 3.23. The molecule has 1 heterocycles. The molecule has 17 heavy (non-hydrogen) atoms. The Morgan fingerprint density at radius 3 is 2.35 bits per heavy atom. The van der Waals surface area contributed by atoms with Crippen LogP contribution in [0.1, 0.15) is 30.0 Å². The summed E-state index contributed by atoms with van der Waals surface area (Å²) >= 11 is 0. The summed E-state index contributed by atoms with van der Waals surface area (Å²) in [5.74, 6) is 0.483. The smallest absolute Gasteiger partial charge is 0.360 e. The Labute approximate surface area is 101 Å². The van der Waals surface area contributed by atoms with Crippen molar-refractivity contribution in [2.75, 3.05) is 20.8 Å². The predicted molar refractivity (Wildman–Crippen MR) is 62.7 cm³/mol. The van der Waals surface area contributed by atoms with Gasteiger partial charge in [0, 0.05) is 6.07 Å². The van der Waals surface area contributed by atoms with Gasteiger partial charge in [-0.3, -0.25) is 0 Å². The van der Waals surface area contributed by atoms with Crippen molar-refractivity contribution in [3.8, 4) is 11.5 Å². The van der Waals surface area contributed by atoms with E-state index in [-0.39, 0.29) is 5.69 Å². The highest BCUT2D eigenvalue weighted by atomic mass is 16.5. The first-order valence-corrected chi connectivity index (χ1v) is 5.46. The van der Waals surface area contributed by atoms with Crippen LogP contribution in [0.3, 0.4) is 0 Å². The van der Waals surface area contributed by atoms with E-state index in [0.717, 1.165) is 0 Å². The lowest BCUT2D eigenvalue weighted by atomic mass is 10.2. The highest BCUT2D eigenvalue weighted by Gasteiger charge is 2.19. The van der Waals surface area contributed by atoms with Gasteiger partial charge in [0.05, 0.1) is 26.5 Å². The van der Waals surface area contributed by atoms with Crippen LogP contribution in [0.5, 0.6) is 11.5 Å². The van der Waals surface area contributed by atoms with Crippen LogP contribution in [0.25, 0.3) is 0 Å². The zero-order chi connectivity index (χ0) is 12.8. The second kappa shape index (κ2) is 6.08. The molecule has 0 N–H and O–H groups in total. The van der Waals surface area contributed by atoms with Crippen molar-refractivity contribution in [2.24, 2.45) is 0 Å². The molecule has 0 fully saturated rings. The maximum absolute atomic E-state index is 11.7. The van der Waals surface area contributed by atoms with Gasteiger partial charge < -0.3 is 14.2 Å². The number of rotatable bonds is 5. The number of aromatic nitrogens is 1. The van der Waals surface area contributed by atoms with Crippen LogP contribution >= 0.6 is 0 Å². The molecule has 0 aliphatic heterocycles. The van der Waals surface area contributed by atoms with Crippen molar-refractivity contribution in [2.45, 2.75) is 20.3 Å². The minimum Gasteiger partial charge on any atom is -0.495 e. The number of hydrogen-bond acceptors (Lipinski definition) is 5. The van der Waals surface area contributed by atoms with Crippen molar-refractivity contribution >= 4 is 5.97 Å². The molecule has 0 unspecified atom stereocenters. The van der Waals surface area contributed by atoms with Crippen LogP contribution in [0.15, 0.2) is 6.07 Å². The van der Waals surface area contributed by atoms with Gasteiger partial charge in [-0.2, -0.15) is 0 Å². The van der Waals surface area contributed by atoms with Crippen molar-refractivity contribution in [1.82, 2.24) is 4.98 Å². The summed E-state index contributed by atoms with van der Waals surface area (Å²) in [7, 11) is 3.03. The third-order valence-corrected chi connectivity index (χ3v) is 2.27. The van der Waals surface area contributed by atoms with E-state index in [2.05, 4.69) is 4.98 Å². The summed E-state index contributed by atoms with van der Waals surface area (Å²) in [4.78, 5) is 15.9. The van der Waals surface area contributed by atoms with Crippen LogP contribution in [-0.4, -0.2) is 31.8 Å². The van der Waals surface area contributed by atoms with Crippen molar-refractivity contribution < 1.29 is 19.0 Å². The molecule has 0 bridgehead atoms. The number of hydrogen-bond donors (Lipinski definition) is 0. The quantitative estimate of drug-likeness (QED) is 0.734. The lowest BCUT2D eigenvalue weighted by Crippen LogP contribution is -2.11. The SMILES string of the molecule is CCOC(=O)c1nc(CC)c(OC)cc1OC. The summed E-state index contributed by atoms with van der Waals surface area (Å²) in [5.41, 5.74) is 0.892. The average Bonchev–Trinajstić information content (AvgIpc) is 2.37. The maximum atomic E-state index is 11.7. The number of ether oxygens (including phenoxy) is 3. The molecule has 0 aromatic carbocycles. The van der Waals surface area contributed by atoms with Crippen LogP contribution < -0.4 is 9.47 Å².